The van der Waals surface area contributed by atoms with Crippen LogP contribution in [-0.4, -0.2) is 4.98 Å². The molecule has 1 aromatic heterocycles. The van der Waals surface area contributed by atoms with Gasteiger partial charge in [0.25, 0.3) is 5.56 Å². The maximum atomic E-state index is 11.6. The van der Waals surface area contributed by atoms with E-state index in [4.69, 9.17) is 5.73 Å². The highest BCUT2D eigenvalue weighted by molar-refractivity contribution is 5.85. The molecule has 0 bridgehead atoms. The second-order valence-corrected chi connectivity index (χ2v) is 3.36. The van der Waals surface area contributed by atoms with Crippen molar-refractivity contribution >= 4 is 10.8 Å². The molecule has 72 valence electrons. The van der Waals surface area contributed by atoms with Gasteiger partial charge in [0, 0.05) is 17.6 Å². The third kappa shape index (κ3) is 1.32. The van der Waals surface area contributed by atoms with Crippen LogP contribution in [0.15, 0.2) is 29.1 Å². The lowest BCUT2D eigenvalue weighted by molar-refractivity contribution is 1.08. The summed E-state index contributed by atoms with van der Waals surface area (Å²) in [5.74, 6) is 0. The number of nitrogens with two attached hydrogens (primary N) is 1. The van der Waals surface area contributed by atoms with Crippen molar-refractivity contribution in [2.75, 3.05) is 0 Å². The summed E-state index contributed by atoms with van der Waals surface area (Å²) < 4.78 is 0. The lowest BCUT2D eigenvalue weighted by Crippen LogP contribution is -2.09. The Morgan fingerprint density at radius 3 is 2.86 bits per heavy atom. The summed E-state index contributed by atoms with van der Waals surface area (Å²) in [5.41, 5.74) is 7.43. The van der Waals surface area contributed by atoms with Gasteiger partial charge in [-0.2, -0.15) is 0 Å². The lowest BCUT2D eigenvalue weighted by atomic mass is 10.1. The van der Waals surface area contributed by atoms with Crippen LogP contribution >= 0.6 is 0 Å². The van der Waals surface area contributed by atoms with Gasteiger partial charge in [-0.25, -0.2) is 0 Å². The molecule has 14 heavy (non-hydrogen) atoms. The Morgan fingerprint density at radius 2 is 2.14 bits per heavy atom. The molecule has 3 heteroatoms. The van der Waals surface area contributed by atoms with Crippen molar-refractivity contribution in [1.82, 2.24) is 4.98 Å². The summed E-state index contributed by atoms with van der Waals surface area (Å²) in [4.78, 5) is 14.3. The first-order chi connectivity index (χ1) is 6.72. The zero-order chi connectivity index (χ0) is 10.1. The van der Waals surface area contributed by atoms with Gasteiger partial charge in [0.1, 0.15) is 0 Å². The Bertz CT molecular complexity index is 528. The number of benzene rings is 1. The molecule has 0 saturated carbocycles. The molecule has 0 spiro atoms. The van der Waals surface area contributed by atoms with E-state index in [0.29, 0.717) is 11.9 Å². The number of H-pyrrole nitrogens is 1. The van der Waals surface area contributed by atoms with Crippen molar-refractivity contribution < 1.29 is 0 Å². The maximum Gasteiger partial charge on any atom is 0.256 e. The highest BCUT2D eigenvalue weighted by atomic mass is 16.1. The van der Waals surface area contributed by atoms with Gasteiger partial charge in [0.05, 0.1) is 0 Å². The van der Waals surface area contributed by atoms with E-state index < -0.39 is 0 Å². The van der Waals surface area contributed by atoms with E-state index in [2.05, 4.69) is 4.98 Å². The summed E-state index contributed by atoms with van der Waals surface area (Å²) in [7, 11) is 0. The van der Waals surface area contributed by atoms with Crippen LogP contribution in [0, 0.1) is 6.92 Å². The number of pyridine rings is 1. The minimum Gasteiger partial charge on any atom is -0.326 e. The van der Waals surface area contributed by atoms with Gasteiger partial charge in [-0.3, -0.25) is 4.79 Å². The summed E-state index contributed by atoms with van der Waals surface area (Å²) in [6, 6.07) is 7.57. The van der Waals surface area contributed by atoms with E-state index in [-0.39, 0.29) is 5.56 Å². The molecule has 0 aliphatic heterocycles. The Kier molecular flexibility index (Phi) is 2.09. The third-order valence-corrected chi connectivity index (χ3v) is 2.33. The zero-order valence-electron chi connectivity index (χ0n) is 8.00. The Morgan fingerprint density at radius 1 is 1.36 bits per heavy atom. The largest absolute Gasteiger partial charge is 0.326 e. The average Bonchev–Trinajstić information content (AvgIpc) is 2.17. The Balaban J connectivity index is 2.94. The Labute approximate surface area is 81.6 Å². The molecule has 2 aromatic rings. The topological polar surface area (TPSA) is 58.9 Å². The van der Waals surface area contributed by atoms with Crippen molar-refractivity contribution in [1.29, 1.82) is 0 Å². The first-order valence-corrected chi connectivity index (χ1v) is 4.54. The lowest BCUT2D eigenvalue weighted by Gasteiger charge is -2.04. The zero-order valence-corrected chi connectivity index (χ0v) is 8.00. The predicted octanol–water partition coefficient (Wildman–Crippen LogP) is 1.30. The van der Waals surface area contributed by atoms with Crippen LogP contribution in [0.1, 0.15) is 11.3 Å². The van der Waals surface area contributed by atoms with Crippen LogP contribution in [-0.2, 0) is 6.54 Å². The fraction of sp³-hybridized carbons (Fsp3) is 0.182. The van der Waals surface area contributed by atoms with Crippen molar-refractivity contribution in [3.05, 3.63) is 45.9 Å². The van der Waals surface area contributed by atoms with E-state index >= 15 is 0 Å². The van der Waals surface area contributed by atoms with Crippen molar-refractivity contribution in [2.24, 2.45) is 5.73 Å². The molecule has 0 aliphatic carbocycles. The quantitative estimate of drug-likeness (QED) is 0.708. The fourth-order valence-electron chi connectivity index (χ4n) is 1.66. The summed E-state index contributed by atoms with van der Waals surface area (Å²) >= 11 is 0. The van der Waals surface area contributed by atoms with Crippen LogP contribution < -0.4 is 11.3 Å². The number of aromatic nitrogens is 1. The molecular weight excluding hydrogens is 176 g/mol. The minimum atomic E-state index is -0.0460. The van der Waals surface area contributed by atoms with Crippen LogP contribution in [0.5, 0.6) is 0 Å². The normalized spacial score (nSPS) is 10.7. The first kappa shape index (κ1) is 8.97. The number of hydrogen-bond donors (Lipinski definition) is 2. The van der Waals surface area contributed by atoms with Gasteiger partial charge in [0.15, 0.2) is 0 Å². The number of aryl methyl sites for hydroxylation is 1. The van der Waals surface area contributed by atoms with Gasteiger partial charge in [-0.1, -0.05) is 12.1 Å². The summed E-state index contributed by atoms with van der Waals surface area (Å²) in [6.45, 7) is 2.33. The molecule has 3 nitrogen and oxygen atoms in total. The van der Waals surface area contributed by atoms with Crippen LogP contribution in [0.3, 0.4) is 0 Å². The average molecular weight is 188 g/mol. The number of hydrogen-bond acceptors (Lipinski definition) is 2. The highest BCUT2D eigenvalue weighted by Gasteiger charge is 2.02. The molecule has 3 N–H and O–H groups in total. The van der Waals surface area contributed by atoms with Crippen molar-refractivity contribution in [3.8, 4) is 0 Å². The van der Waals surface area contributed by atoms with Crippen molar-refractivity contribution in [2.45, 2.75) is 13.5 Å². The molecule has 0 aliphatic rings. The summed E-state index contributed by atoms with van der Waals surface area (Å²) in [6.07, 6.45) is 0. The minimum absolute atomic E-state index is 0.0460. The molecular formula is C11H12N2O. The number of rotatable bonds is 1. The van der Waals surface area contributed by atoms with Gasteiger partial charge < -0.3 is 10.7 Å². The molecule has 0 radical (unpaired) electrons. The van der Waals surface area contributed by atoms with E-state index in [1.54, 1.807) is 0 Å². The second-order valence-electron chi connectivity index (χ2n) is 3.36. The van der Waals surface area contributed by atoms with Crippen LogP contribution in [0.25, 0.3) is 10.8 Å². The molecule has 0 unspecified atom stereocenters. The van der Waals surface area contributed by atoms with Crippen LogP contribution in [0.4, 0.5) is 0 Å². The monoisotopic (exact) mass is 188 g/mol. The molecule has 0 amide bonds. The standard InChI is InChI=1S/C11H12N2O/c1-7-5-10-8(6-12)3-2-4-9(10)11(14)13-7/h2-5H,6,12H2,1H3,(H,13,14). The molecule has 0 saturated heterocycles. The van der Waals surface area contributed by atoms with E-state index in [0.717, 1.165) is 16.6 Å². The second kappa shape index (κ2) is 3.27. The third-order valence-electron chi connectivity index (χ3n) is 2.33. The van der Waals surface area contributed by atoms with Gasteiger partial charge >= 0.3 is 0 Å². The molecule has 2 rings (SSSR count). The maximum absolute atomic E-state index is 11.6. The molecule has 1 heterocycles. The van der Waals surface area contributed by atoms with Gasteiger partial charge in [-0.15, -0.1) is 0 Å². The number of aromatic amines is 1. The smallest absolute Gasteiger partial charge is 0.256 e. The van der Waals surface area contributed by atoms with E-state index in [9.17, 15) is 4.79 Å². The highest BCUT2D eigenvalue weighted by Crippen LogP contribution is 2.15. The molecule has 1 aromatic carbocycles. The van der Waals surface area contributed by atoms with Gasteiger partial charge in [-0.05, 0) is 30.0 Å². The Hall–Kier alpha value is -1.61. The molecule has 0 fully saturated rings. The predicted molar refractivity (Wildman–Crippen MR) is 57.2 cm³/mol. The SMILES string of the molecule is Cc1cc2c(CN)cccc2c(=O)[nH]1. The number of nitrogens with one attached hydrogen (secondary N) is 1. The summed E-state index contributed by atoms with van der Waals surface area (Å²) in [5, 5.41) is 1.66. The van der Waals surface area contributed by atoms with E-state index in [1.807, 2.05) is 31.2 Å². The van der Waals surface area contributed by atoms with Gasteiger partial charge in [0.2, 0.25) is 0 Å². The van der Waals surface area contributed by atoms with Crippen LogP contribution in [0.2, 0.25) is 0 Å². The molecule has 0 atom stereocenters. The first-order valence-electron chi connectivity index (χ1n) is 4.54. The van der Waals surface area contributed by atoms with Crippen molar-refractivity contribution in [3.63, 3.8) is 0 Å². The fourth-order valence-corrected chi connectivity index (χ4v) is 1.66. The number of fused-ring (bicyclic) bond motifs is 1. The van der Waals surface area contributed by atoms with E-state index in [1.165, 1.54) is 0 Å².